The molecule has 2 aromatic rings. The summed E-state index contributed by atoms with van der Waals surface area (Å²) in [6.07, 6.45) is 6.31. The van der Waals surface area contributed by atoms with Gasteiger partial charge in [-0.1, -0.05) is 31.4 Å². The maximum absolute atomic E-state index is 11.6. The third kappa shape index (κ3) is 2.79. The highest BCUT2D eigenvalue weighted by Crippen LogP contribution is 2.19. The summed E-state index contributed by atoms with van der Waals surface area (Å²) in [4.78, 5) is 24.7. The van der Waals surface area contributed by atoms with Crippen LogP contribution in [0, 0.1) is 0 Å². The molecule has 0 aliphatic heterocycles. The smallest absolute Gasteiger partial charge is 0.332 e. The SMILES string of the molecule is CCCCCC(=O)On1ccc2ncnc(Cl)c21. The van der Waals surface area contributed by atoms with Gasteiger partial charge >= 0.3 is 5.97 Å². The maximum Gasteiger partial charge on any atom is 0.332 e. The molecular formula is C12H14ClN3O2. The van der Waals surface area contributed by atoms with Gasteiger partial charge in [0.25, 0.3) is 0 Å². The van der Waals surface area contributed by atoms with E-state index in [0.29, 0.717) is 17.5 Å². The van der Waals surface area contributed by atoms with Gasteiger partial charge in [0, 0.05) is 12.6 Å². The highest BCUT2D eigenvalue weighted by atomic mass is 35.5. The lowest BCUT2D eigenvalue weighted by molar-refractivity contribution is -0.143. The number of hydrogen-bond donors (Lipinski definition) is 0. The Kier molecular flexibility index (Phi) is 4.15. The first-order valence-corrected chi connectivity index (χ1v) is 6.29. The summed E-state index contributed by atoms with van der Waals surface area (Å²) < 4.78 is 1.33. The van der Waals surface area contributed by atoms with Crippen molar-refractivity contribution in [3.63, 3.8) is 0 Å². The molecule has 6 heteroatoms. The molecule has 2 rings (SSSR count). The molecule has 96 valence electrons. The molecule has 0 spiro atoms. The van der Waals surface area contributed by atoms with Gasteiger partial charge in [-0.2, -0.15) is 4.73 Å². The summed E-state index contributed by atoms with van der Waals surface area (Å²) in [6.45, 7) is 2.09. The average molecular weight is 268 g/mol. The minimum absolute atomic E-state index is 0.270. The first-order valence-electron chi connectivity index (χ1n) is 5.91. The van der Waals surface area contributed by atoms with E-state index in [-0.39, 0.29) is 11.1 Å². The molecule has 0 bridgehead atoms. The summed E-state index contributed by atoms with van der Waals surface area (Å²) in [7, 11) is 0. The molecule has 0 aliphatic carbocycles. The molecule has 18 heavy (non-hydrogen) atoms. The number of aromatic nitrogens is 3. The van der Waals surface area contributed by atoms with E-state index in [1.54, 1.807) is 12.3 Å². The third-order valence-electron chi connectivity index (χ3n) is 2.58. The van der Waals surface area contributed by atoms with Crippen molar-refractivity contribution in [1.82, 2.24) is 14.7 Å². The van der Waals surface area contributed by atoms with Crippen LogP contribution < -0.4 is 4.84 Å². The highest BCUT2D eigenvalue weighted by molar-refractivity contribution is 6.33. The minimum Gasteiger partial charge on any atom is -0.336 e. The van der Waals surface area contributed by atoms with Crippen LogP contribution in [0.25, 0.3) is 11.0 Å². The Morgan fingerprint density at radius 3 is 3.06 bits per heavy atom. The van der Waals surface area contributed by atoms with Crippen molar-refractivity contribution in [3.8, 4) is 0 Å². The number of nitrogens with zero attached hydrogens (tertiary/aromatic N) is 3. The zero-order valence-corrected chi connectivity index (χ0v) is 10.9. The second-order valence-electron chi connectivity index (χ2n) is 3.96. The molecule has 0 amide bonds. The summed E-state index contributed by atoms with van der Waals surface area (Å²) in [5, 5.41) is 0.270. The van der Waals surface area contributed by atoms with Crippen LogP contribution in [0.15, 0.2) is 18.6 Å². The second kappa shape index (κ2) is 5.82. The van der Waals surface area contributed by atoms with E-state index in [9.17, 15) is 4.79 Å². The van der Waals surface area contributed by atoms with Crippen LogP contribution >= 0.6 is 11.6 Å². The molecule has 0 saturated carbocycles. The van der Waals surface area contributed by atoms with Crippen molar-refractivity contribution in [3.05, 3.63) is 23.7 Å². The third-order valence-corrected chi connectivity index (χ3v) is 2.86. The molecule has 2 heterocycles. The Balaban J connectivity index is 2.10. The zero-order valence-electron chi connectivity index (χ0n) is 10.1. The summed E-state index contributed by atoms with van der Waals surface area (Å²) >= 11 is 5.95. The summed E-state index contributed by atoms with van der Waals surface area (Å²) in [5.41, 5.74) is 1.17. The summed E-state index contributed by atoms with van der Waals surface area (Å²) in [5.74, 6) is -0.277. The number of fused-ring (bicyclic) bond motifs is 1. The largest absolute Gasteiger partial charge is 0.336 e. The quantitative estimate of drug-likeness (QED) is 0.617. The van der Waals surface area contributed by atoms with Gasteiger partial charge in [-0.3, -0.25) is 0 Å². The predicted octanol–water partition coefficient (Wildman–Crippen LogP) is 2.62. The van der Waals surface area contributed by atoms with Gasteiger partial charge in [0.1, 0.15) is 11.8 Å². The zero-order chi connectivity index (χ0) is 13.0. The molecular weight excluding hydrogens is 254 g/mol. The molecule has 0 saturated heterocycles. The minimum atomic E-state index is -0.277. The van der Waals surface area contributed by atoms with Gasteiger partial charge in [0.2, 0.25) is 0 Å². The molecule has 0 fully saturated rings. The highest BCUT2D eigenvalue weighted by Gasteiger charge is 2.11. The van der Waals surface area contributed by atoms with Crippen molar-refractivity contribution < 1.29 is 9.63 Å². The van der Waals surface area contributed by atoms with E-state index in [1.807, 2.05) is 0 Å². The number of hydrogen-bond acceptors (Lipinski definition) is 4. The van der Waals surface area contributed by atoms with Gasteiger partial charge in [-0.15, -0.1) is 0 Å². The van der Waals surface area contributed by atoms with Crippen LogP contribution in [0.4, 0.5) is 0 Å². The van der Waals surface area contributed by atoms with E-state index in [4.69, 9.17) is 16.4 Å². The molecule has 0 aliphatic rings. The van der Waals surface area contributed by atoms with E-state index in [2.05, 4.69) is 16.9 Å². The van der Waals surface area contributed by atoms with Crippen LogP contribution in [0.2, 0.25) is 5.15 Å². The first kappa shape index (κ1) is 12.8. The van der Waals surface area contributed by atoms with Crippen LogP contribution in [-0.2, 0) is 4.79 Å². The van der Waals surface area contributed by atoms with Crippen LogP contribution in [-0.4, -0.2) is 20.7 Å². The van der Waals surface area contributed by atoms with Gasteiger partial charge in [-0.25, -0.2) is 14.8 Å². The van der Waals surface area contributed by atoms with Crippen molar-refractivity contribution in [1.29, 1.82) is 0 Å². The lowest BCUT2D eigenvalue weighted by atomic mass is 10.2. The number of halogens is 1. The Labute approximate surface area is 110 Å². The Hall–Kier alpha value is -1.62. The molecule has 0 atom stereocenters. The Morgan fingerprint density at radius 2 is 2.28 bits per heavy atom. The lowest BCUT2D eigenvalue weighted by Crippen LogP contribution is -2.18. The molecule has 0 radical (unpaired) electrons. The second-order valence-corrected chi connectivity index (χ2v) is 4.32. The molecule has 5 nitrogen and oxygen atoms in total. The van der Waals surface area contributed by atoms with Crippen LogP contribution in [0.5, 0.6) is 0 Å². The number of carbonyl (C=O) groups excluding carboxylic acids is 1. The number of unbranched alkanes of at least 4 members (excludes halogenated alkanes) is 2. The van der Waals surface area contributed by atoms with Crippen molar-refractivity contribution in [2.75, 3.05) is 0 Å². The van der Waals surface area contributed by atoms with E-state index in [1.165, 1.54) is 11.1 Å². The van der Waals surface area contributed by atoms with Crippen LogP contribution in [0.1, 0.15) is 32.6 Å². The average Bonchev–Trinajstić information content (AvgIpc) is 2.74. The Morgan fingerprint density at radius 1 is 1.44 bits per heavy atom. The van der Waals surface area contributed by atoms with E-state index in [0.717, 1.165) is 19.3 Å². The standard InChI is InChI=1S/C12H14ClN3O2/c1-2-3-4-5-10(17)18-16-7-6-9-11(16)12(13)15-8-14-9/h6-8H,2-5H2,1H3. The van der Waals surface area contributed by atoms with Gasteiger partial charge < -0.3 is 4.84 Å². The molecule has 0 unspecified atom stereocenters. The molecule has 0 aromatic carbocycles. The fourth-order valence-electron chi connectivity index (χ4n) is 1.66. The Bertz CT molecular complexity index is 553. The fraction of sp³-hybridized carbons (Fsp3) is 0.417. The van der Waals surface area contributed by atoms with Crippen molar-refractivity contribution >= 4 is 28.6 Å². The number of rotatable bonds is 5. The van der Waals surface area contributed by atoms with E-state index < -0.39 is 0 Å². The fourth-order valence-corrected chi connectivity index (χ4v) is 1.88. The van der Waals surface area contributed by atoms with Crippen molar-refractivity contribution in [2.45, 2.75) is 32.6 Å². The van der Waals surface area contributed by atoms with Gasteiger partial charge in [0.05, 0.1) is 5.52 Å². The monoisotopic (exact) mass is 267 g/mol. The van der Waals surface area contributed by atoms with Crippen molar-refractivity contribution in [2.24, 2.45) is 0 Å². The summed E-state index contributed by atoms with van der Waals surface area (Å²) in [6, 6.07) is 1.72. The predicted molar refractivity (Wildman–Crippen MR) is 68.3 cm³/mol. The number of carbonyl (C=O) groups is 1. The molecule has 0 N–H and O–H groups in total. The van der Waals surface area contributed by atoms with Gasteiger partial charge in [0.15, 0.2) is 5.15 Å². The molecule has 2 aromatic heterocycles. The van der Waals surface area contributed by atoms with E-state index >= 15 is 0 Å². The van der Waals surface area contributed by atoms with Gasteiger partial charge in [-0.05, 0) is 12.5 Å². The topological polar surface area (TPSA) is 57.0 Å². The van der Waals surface area contributed by atoms with Crippen LogP contribution in [0.3, 0.4) is 0 Å². The maximum atomic E-state index is 11.6. The normalized spacial score (nSPS) is 10.8. The first-order chi connectivity index (χ1) is 8.72. The lowest BCUT2D eigenvalue weighted by Gasteiger charge is -2.06.